The zero-order valence-electron chi connectivity index (χ0n) is 15.5. The number of pyridine rings is 1. The summed E-state index contributed by atoms with van der Waals surface area (Å²) in [4.78, 5) is 9.35. The fraction of sp³-hybridized carbons (Fsp3) is 0.619. The maximum absolute atomic E-state index is 6.33. The second-order valence-electron chi connectivity index (χ2n) is 8.05. The van der Waals surface area contributed by atoms with Gasteiger partial charge in [-0.3, -0.25) is 9.98 Å². The summed E-state index contributed by atoms with van der Waals surface area (Å²) in [6, 6.07) is 6.60. The molecule has 5 heteroatoms. The molecule has 2 fully saturated rings. The maximum Gasteiger partial charge on any atom is 0.0692 e. The van der Waals surface area contributed by atoms with Gasteiger partial charge in [-0.25, -0.2) is 0 Å². The van der Waals surface area contributed by atoms with Crippen LogP contribution in [0.1, 0.15) is 50.6 Å². The second kappa shape index (κ2) is 7.49. The van der Waals surface area contributed by atoms with Gasteiger partial charge in [0, 0.05) is 37.0 Å². The number of aromatic nitrogens is 1. The number of hydrogen-bond donors (Lipinski definition) is 2. The van der Waals surface area contributed by atoms with Gasteiger partial charge in [-0.15, -0.1) is 0 Å². The highest BCUT2D eigenvalue weighted by molar-refractivity contribution is 6.00. The molecule has 5 nitrogen and oxygen atoms in total. The number of nitrogens with two attached hydrogens (primary N) is 1. The molecular weight excluding hydrogens is 324 g/mol. The molecule has 0 bridgehead atoms. The predicted molar refractivity (Wildman–Crippen MR) is 104 cm³/mol. The molecule has 0 amide bonds. The molecule has 4 rings (SSSR count). The Hall–Kier alpha value is -1.72. The Bertz CT molecular complexity index is 666. The lowest BCUT2D eigenvalue weighted by atomic mass is 9.69. The van der Waals surface area contributed by atoms with Gasteiger partial charge in [0.25, 0.3) is 0 Å². The minimum atomic E-state index is 0.0317. The largest absolute Gasteiger partial charge is 0.405 e. The second-order valence-corrected chi connectivity index (χ2v) is 8.05. The Morgan fingerprint density at radius 2 is 2.15 bits per heavy atom. The Balaban J connectivity index is 1.57. The fourth-order valence-electron chi connectivity index (χ4n) is 5.07. The van der Waals surface area contributed by atoms with Gasteiger partial charge in [0.1, 0.15) is 0 Å². The molecular formula is C21H30N4O. The van der Waals surface area contributed by atoms with Crippen LogP contribution in [-0.4, -0.2) is 42.0 Å². The third kappa shape index (κ3) is 3.42. The molecule has 1 saturated heterocycles. The van der Waals surface area contributed by atoms with E-state index in [1.807, 2.05) is 18.3 Å². The molecule has 2 atom stereocenters. The third-order valence-electron chi connectivity index (χ3n) is 6.40. The van der Waals surface area contributed by atoms with E-state index < -0.39 is 0 Å². The van der Waals surface area contributed by atoms with Crippen molar-refractivity contribution in [3.63, 3.8) is 0 Å². The molecule has 1 unspecified atom stereocenters. The summed E-state index contributed by atoms with van der Waals surface area (Å²) in [5.41, 5.74) is 7.95. The molecule has 140 valence electrons. The van der Waals surface area contributed by atoms with E-state index in [2.05, 4.69) is 22.4 Å². The SMILES string of the molecule is NC=CC1=NCC[C@@H]1NCC1(c2ccccn2)CCOC2(CCCC2)C1. The molecule has 1 spiro atoms. The van der Waals surface area contributed by atoms with Crippen LogP contribution in [0, 0.1) is 0 Å². The first-order valence-electron chi connectivity index (χ1n) is 9.97. The lowest BCUT2D eigenvalue weighted by molar-refractivity contribution is -0.102. The summed E-state index contributed by atoms with van der Waals surface area (Å²) in [6.45, 7) is 2.62. The highest BCUT2D eigenvalue weighted by Gasteiger charge is 2.48. The molecule has 3 aliphatic rings. The van der Waals surface area contributed by atoms with E-state index in [0.717, 1.165) is 44.7 Å². The summed E-state index contributed by atoms with van der Waals surface area (Å²) in [5, 5.41) is 3.80. The highest BCUT2D eigenvalue weighted by Crippen LogP contribution is 2.48. The molecule has 0 aromatic carbocycles. The maximum atomic E-state index is 6.33. The van der Waals surface area contributed by atoms with E-state index in [0.29, 0.717) is 0 Å². The number of ether oxygens (including phenoxy) is 1. The van der Waals surface area contributed by atoms with Gasteiger partial charge in [-0.05, 0) is 56.5 Å². The van der Waals surface area contributed by atoms with Gasteiger partial charge in [-0.2, -0.15) is 0 Å². The molecule has 1 saturated carbocycles. The molecule has 0 radical (unpaired) electrons. The van der Waals surface area contributed by atoms with Crippen molar-refractivity contribution in [2.24, 2.45) is 10.7 Å². The third-order valence-corrected chi connectivity index (χ3v) is 6.40. The minimum absolute atomic E-state index is 0.0317. The van der Waals surface area contributed by atoms with Crippen molar-refractivity contribution >= 4 is 5.71 Å². The zero-order valence-corrected chi connectivity index (χ0v) is 15.5. The number of nitrogens with one attached hydrogen (secondary N) is 1. The van der Waals surface area contributed by atoms with Crippen molar-refractivity contribution in [3.8, 4) is 0 Å². The molecule has 2 aliphatic heterocycles. The van der Waals surface area contributed by atoms with Crippen molar-refractivity contribution < 1.29 is 4.74 Å². The standard InChI is InChI=1S/C21H30N4O/c22-11-6-17-18(7-13-23-17)25-16-20(19-5-1-4-12-24-19)10-14-26-21(15-20)8-2-3-9-21/h1,4-6,11-12,18,25H,2-3,7-10,13-16,22H2/t18-,20?/m0/s1. The molecule has 26 heavy (non-hydrogen) atoms. The number of hydrogen-bond acceptors (Lipinski definition) is 5. The monoisotopic (exact) mass is 354 g/mol. The predicted octanol–water partition coefficient (Wildman–Crippen LogP) is 2.72. The zero-order chi connectivity index (χ0) is 17.9. The van der Waals surface area contributed by atoms with Crippen LogP contribution in [0.2, 0.25) is 0 Å². The van der Waals surface area contributed by atoms with E-state index in [1.54, 1.807) is 6.20 Å². The topological polar surface area (TPSA) is 72.5 Å². The Kier molecular flexibility index (Phi) is 5.09. The van der Waals surface area contributed by atoms with Gasteiger partial charge in [-0.1, -0.05) is 18.9 Å². The lowest BCUT2D eigenvalue weighted by Crippen LogP contribution is -2.53. The van der Waals surface area contributed by atoms with Crippen LogP contribution in [0.3, 0.4) is 0 Å². The van der Waals surface area contributed by atoms with Crippen molar-refractivity contribution in [1.29, 1.82) is 0 Å². The summed E-state index contributed by atoms with van der Waals surface area (Å²) in [6.07, 6.45) is 13.5. The van der Waals surface area contributed by atoms with Crippen LogP contribution < -0.4 is 11.1 Å². The van der Waals surface area contributed by atoms with Crippen LogP contribution >= 0.6 is 0 Å². The first kappa shape index (κ1) is 17.7. The summed E-state index contributed by atoms with van der Waals surface area (Å²) in [7, 11) is 0. The van der Waals surface area contributed by atoms with Crippen molar-refractivity contribution in [2.45, 2.75) is 62.0 Å². The Morgan fingerprint density at radius 3 is 2.92 bits per heavy atom. The van der Waals surface area contributed by atoms with Crippen LogP contribution in [0.5, 0.6) is 0 Å². The quantitative estimate of drug-likeness (QED) is 0.853. The number of nitrogens with zero attached hydrogens (tertiary/aromatic N) is 2. The number of aliphatic imine (C=N–C) groups is 1. The minimum Gasteiger partial charge on any atom is -0.405 e. The van der Waals surface area contributed by atoms with Gasteiger partial charge < -0.3 is 15.8 Å². The fourth-order valence-corrected chi connectivity index (χ4v) is 5.07. The molecule has 1 aromatic rings. The Labute approximate surface area is 156 Å². The molecule has 3 heterocycles. The van der Waals surface area contributed by atoms with E-state index in [-0.39, 0.29) is 17.1 Å². The van der Waals surface area contributed by atoms with Gasteiger partial charge in [0.05, 0.1) is 17.4 Å². The average Bonchev–Trinajstić information content (AvgIpc) is 3.31. The van der Waals surface area contributed by atoms with E-state index in [1.165, 1.54) is 31.4 Å². The smallest absolute Gasteiger partial charge is 0.0692 e. The Morgan fingerprint density at radius 1 is 1.27 bits per heavy atom. The number of rotatable bonds is 5. The highest BCUT2D eigenvalue weighted by atomic mass is 16.5. The lowest BCUT2D eigenvalue weighted by Gasteiger charge is -2.46. The van der Waals surface area contributed by atoms with Crippen LogP contribution in [0.25, 0.3) is 0 Å². The molecule has 1 aromatic heterocycles. The van der Waals surface area contributed by atoms with Gasteiger partial charge in [0.15, 0.2) is 0 Å². The first-order chi connectivity index (χ1) is 12.8. The van der Waals surface area contributed by atoms with Gasteiger partial charge in [0.2, 0.25) is 0 Å². The summed E-state index contributed by atoms with van der Waals surface area (Å²) < 4.78 is 6.33. The first-order valence-corrected chi connectivity index (χ1v) is 9.97. The molecule has 3 N–H and O–H groups in total. The van der Waals surface area contributed by atoms with Crippen LogP contribution in [0.15, 0.2) is 41.7 Å². The van der Waals surface area contributed by atoms with Crippen molar-refractivity contribution in [2.75, 3.05) is 19.7 Å². The normalized spacial score (nSPS) is 30.9. The van der Waals surface area contributed by atoms with Crippen molar-refractivity contribution in [3.05, 3.63) is 42.4 Å². The van der Waals surface area contributed by atoms with Crippen LogP contribution in [-0.2, 0) is 10.2 Å². The van der Waals surface area contributed by atoms with E-state index in [9.17, 15) is 0 Å². The van der Waals surface area contributed by atoms with Crippen molar-refractivity contribution in [1.82, 2.24) is 10.3 Å². The van der Waals surface area contributed by atoms with E-state index in [4.69, 9.17) is 15.5 Å². The average molecular weight is 354 g/mol. The van der Waals surface area contributed by atoms with Gasteiger partial charge >= 0.3 is 0 Å². The van der Waals surface area contributed by atoms with Crippen LogP contribution in [0.4, 0.5) is 0 Å². The summed E-state index contributed by atoms with van der Waals surface area (Å²) >= 11 is 0. The summed E-state index contributed by atoms with van der Waals surface area (Å²) in [5.74, 6) is 0. The van der Waals surface area contributed by atoms with E-state index >= 15 is 0 Å². The molecule has 1 aliphatic carbocycles.